The molecule has 1 heterocycles. The largest absolute Gasteiger partial charge is 0.493 e. The lowest BCUT2D eigenvalue weighted by molar-refractivity contribution is 0.0674. The van der Waals surface area contributed by atoms with Gasteiger partial charge in [-0.25, -0.2) is 4.99 Å². The van der Waals surface area contributed by atoms with Gasteiger partial charge in [-0.3, -0.25) is 0 Å². The summed E-state index contributed by atoms with van der Waals surface area (Å²) in [5.74, 6) is 1.68. The highest BCUT2D eigenvalue weighted by Gasteiger charge is 2.14. The first-order chi connectivity index (χ1) is 10.7. The molecule has 0 saturated carbocycles. The van der Waals surface area contributed by atoms with Gasteiger partial charge in [0.15, 0.2) is 17.5 Å². The van der Waals surface area contributed by atoms with Crippen LogP contribution < -0.4 is 15.2 Å². The van der Waals surface area contributed by atoms with E-state index in [-0.39, 0.29) is 24.0 Å². The van der Waals surface area contributed by atoms with Crippen LogP contribution in [0.1, 0.15) is 12.5 Å². The van der Waals surface area contributed by atoms with Gasteiger partial charge in [0.2, 0.25) is 0 Å². The summed E-state index contributed by atoms with van der Waals surface area (Å²) >= 11 is 6.24. The molecule has 0 amide bonds. The lowest BCUT2D eigenvalue weighted by atomic mass is 10.2. The maximum Gasteiger partial charge on any atom is 0.191 e. The minimum Gasteiger partial charge on any atom is -0.493 e. The molecule has 2 N–H and O–H groups in total. The fraction of sp³-hybridized carbons (Fsp3) is 0.533. The Bertz CT molecular complexity index is 537. The van der Waals surface area contributed by atoms with E-state index < -0.39 is 0 Å². The lowest BCUT2D eigenvalue weighted by Crippen LogP contribution is -2.44. The molecule has 0 aromatic heterocycles. The Kier molecular flexibility index (Phi) is 8.78. The molecule has 130 valence electrons. The van der Waals surface area contributed by atoms with Crippen molar-refractivity contribution < 1.29 is 14.2 Å². The van der Waals surface area contributed by atoms with E-state index in [1.165, 1.54) is 0 Å². The number of ether oxygens (including phenoxy) is 3. The monoisotopic (exact) mass is 455 g/mol. The highest BCUT2D eigenvalue weighted by atomic mass is 127. The maximum absolute atomic E-state index is 6.24. The zero-order valence-electron chi connectivity index (χ0n) is 13.4. The standard InChI is InChI=1S/C15H22ClN3O3.HI/c1-3-22-14-12(16)8-11(9-13(14)20-2)10-18-15(17)19-4-6-21-7-5-19;/h8-9H,3-7,10H2,1-2H3,(H2,17,18);1H. The van der Waals surface area contributed by atoms with Crippen molar-refractivity contribution >= 4 is 41.5 Å². The van der Waals surface area contributed by atoms with E-state index in [4.69, 9.17) is 31.5 Å². The third kappa shape index (κ3) is 5.58. The van der Waals surface area contributed by atoms with Gasteiger partial charge in [0.25, 0.3) is 0 Å². The SMILES string of the molecule is CCOc1c(Cl)cc(CN=C(N)N2CCOCC2)cc1OC.I. The highest BCUT2D eigenvalue weighted by molar-refractivity contribution is 14.0. The summed E-state index contributed by atoms with van der Waals surface area (Å²) < 4.78 is 16.1. The average Bonchev–Trinajstić information content (AvgIpc) is 2.55. The van der Waals surface area contributed by atoms with Crippen molar-refractivity contribution in [3.05, 3.63) is 22.7 Å². The third-order valence-electron chi connectivity index (χ3n) is 3.34. The summed E-state index contributed by atoms with van der Waals surface area (Å²) in [6.07, 6.45) is 0. The van der Waals surface area contributed by atoms with Gasteiger partial charge in [-0.2, -0.15) is 0 Å². The Balaban J connectivity index is 0.00000264. The highest BCUT2D eigenvalue weighted by Crippen LogP contribution is 2.36. The molecule has 0 spiro atoms. The van der Waals surface area contributed by atoms with Gasteiger partial charge in [0.1, 0.15) is 0 Å². The van der Waals surface area contributed by atoms with Crippen LogP contribution in [0.3, 0.4) is 0 Å². The fourth-order valence-corrected chi connectivity index (χ4v) is 2.50. The predicted molar refractivity (Wildman–Crippen MR) is 102 cm³/mol. The molecule has 1 fully saturated rings. The second-order valence-corrected chi connectivity index (χ2v) is 5.22. The Labute approximate surface area is 158 Å². The smallest absolute Gasteiger partial charge is 0.191 e. The average molecular weight is 456 g/mol. The number of morpholine rings is 1. The molecule has 2 rings (SSSR count). The molecule has 1 saturated heterocycles. The van der Waals surface area contributed by atoms with Crippen molar-refractivity contribution in [2.45, 2.75) is 13.5 Å². The minimum atomic E-state index is 0. The van der Waals surface area contributed by atoms with Crippen LogP contribution in [-0.4, -0.2) is 50.9 Å². The molecule has 1 aliphatic rings. The van der Waals surface area contributed by atoms with Crippen molar-refractivity contribution in [3.63, 3.8) is 0 Å². The third-order valence-corrected chi connectivity index (χ3v) is 3.62. The summed E-state index contributed by atoms with van der Waals surface area (Å²) in [6, 6.07) is 3.69. The molecular weight excluding hydrogens is 433 g/mol. The quantitative estimate of drug-likeness (QED) is 0.420. The van der Waals surface area contributed by atoms with E-state index in [9.17, 15) is 0 Å². The number of methoxy groups -OCH3 is 1. The number of halogens is 2. The molecule has 0 atom stereocenters. The van der Waals surface area contributed by atoms with Crippen molar-refractivity contribution in [2.75, 3.05) is 40.0 Å². The molecule has 23 heavy (non-hydrogen) atoms. The van der Waals surface area contributed by atoms with Crippen LogP contribution in [0.25, 0.3) is 0 Å². The first-order valence-electron chi connectivity index (χ1n) is 7.27. The maximum atomic E-state index is 6.24. The lowest BCUT2D eigenvalue weighted by Gasteiger charge is -2.27. The number of hydrogen-bond donors (Lipinski definition) is 1. The second-order valence-electron chi connectivity index (χ2n) is 4.82. The van der Waals surface area contributed by atoms with E-state index in [0.717, 1.165) is 18.7 Å². The van der Waals surface area contributed by atoms with E-state index in [2.05, 4.69) is 4.99 Å². The number of nitrogens with two attached hydrogens (primary N) is 1. The zero-order chi connectivity index (χ0) is 15.9. The van der Waals surface area contributed by atoms with Gasteiger partial charge < -0.3 is 24.8 Å². The van der Waals surface area contributed by atoms with Crippen molar-refractivity contribution in [1.82, 2.24) is 4.90 Å². The molecule has 1 aromatic carbocycles. The van der Waals surface area contributed by atoms with Crippen LogP contribution in [-0.2, 0) is 11.3 Å². The number of rotatable bonds is 5. The normalized spacial score (nSPS) is 15.1. The summed E-state index contributed by atoms with van der Waals surface area (Å²) in [5.41, 5.74) is 6.93. The molecule has 8 heteroatoms. The van der Waals surface area contributed by atoms with E-state index in [1.54, 1.807) is 7.11 Å². The Morgan fingerprint density at radius 1 is 1.39 bits per heavy atom. The Hall–Kier alpha value is -0.930. The summed E-state index contributed by atoms with van der Waals surface area (Å²) in [4.78, 5) is 6.43. The van der Waals surface area contributed by atoms with Gasteiger partial charge in [-0.05, 0) is 24.6 Å². The van der Waals surface area contributed by atoms with Gasteiger partial charge in [-0.15, -0.1) is 24.0 Å². The topological polar surface area (TPSA) is 69.3 Å². The van der Waals surface area contributed by atoms with Crippen LogP contribution in [0.2, 0.25) is 5.02 Å². The van der Waals surface area contributed by atoms with Gasteiger partial charge in [0, 0.05) is 13.1 Å². The van der Waals surface area contributed by atoms with Gasteiger partial charge >= 0.3 is 0 Å². The summed E-state index contributed by atoms with van der Waals surface area (Å²) in [5, 5.41) is 0.511. The van der Waals surface area contributed by atoms with E-state index in [0.29, 0.717) is 48.8 Å². The first kappa shape index (κ1) is 20.1. The molecular formula is C15H23ClIN3O3. The number of aliphatic imine (C=N–C) groups is 1. The second kappa shape index (κ2) is 10.0. The summed E-state index contributed by atoms with van der Waals surface area (Å²) in [7, 11) is 1.59. The van der Waals surface area contributed by atoms with Crippen molar-refractivity contribution in [1.29, 1.82) is 0 Å². The van der Waals surface area contributed by atoms with E-state index >= 15 is 0 Å². The van der Waals surface area contributed by atoms with Crippen LogP contribution in [0.5, 0.6) is 11.5 Å². The Morgan fingerprint density at radius 3 is 2.70 bits per heavy atom. The predicted octanol–water partition coefficient (Wildman–Crippen LogP) is 2.51. The van der Waals surface area contributed by atoms with Crippen molar-refractivity contribution in [3.8, 4) is 11.5 Å². The van der Waals surface area contributed by atoms with Crippen LogP contribution in [0.15, 0.2) is 17.1 Å². The molecule has 0 radical (unpaired) electrons. The molecule has 0 aliphatic carbocycles. The zero-order valence-corrected chi connectivity index (χ0v) is 16.5. The minimum absolute atomic E-state index is 0. The Morgan fingerprint density at radius 2 is 2.09 bits per heavy atom. The van der Waals surface area contributed by atoms with Crippen LogP contribution in [0.4, 0.5) is 0 Å². The summed E-state index contributed by atoms with van der Waals surface area (Å²) in [6.45, 7) is 5.75. The number of hydrogen-bond acceptors (Lipinski definition) is 4. The molecule has 0 unspecified atom stereocenters. The van der Waals surface area contributed by atoms with Crippen molar-refractivity contribution in [2.24, 2.45) is 10.7 Å². The van der Waals surface area contributed by atoms with Gasteiger partial charge in [-0.1, -0.05) is 11.6 Å². The molecule has 0 bridgehead atoms. The number of nitrogens with zero attached hydrogens (tertiary/aromatic N) is 2. The van der Waals surface area contributed by atoms with Crippen LogP contribution in [0, 0.1) is 0 Å². The number of benzene rings is 1. The molecule has 1 aliphatic heterocycles. The van der Waals surface area contributed by atoms with Gasteiger partial charge in [0.05, 0.1) is 38.5 Å². The number of guanidine groups is 1. The van der Waals surface area contributed by atoms with E-state index in [1.807, 2.05) is 24.0 Å². The fourth-order valence-electron chi connectivity index (χ4n) is 2.21. The van der Waals surface area contributed by atoms with Crippen LogP contribution >= 0.6 is 35.6 Å². The molecule has 1 aromatic rings. The molecule has 6 nitrogen and oxygen atoms in total. The first-order valence-corrected chi connectivity index (χ1v) is 7.65.